The lowest BCUT2D eigenvalue weighted by atomic mass is 9.94. The Bertz CT molecular complexity index is 964. The van der Waals surface area contributed by atoms with Gasteiger partial charge in [0.15, 0.2) is 0 Å². The van der Waals surface area contributed by atoms with Crippen molar-refractivity contribution in [3.8, 4) is 0 Å². The first-order valence-corrected chi connectivity index (χ1v) is 9.78. The lowest BCUT2D eigenvalue weighted by molar-refractivity contribution is 0.219. The summed E-state index contributed by atoms with van der Waals surface area (Å²) >= 11 is 0. The third-order valence-corrected chi connectivity index (χ3v) is 6.29. The van der Waals surface area contributed by atoms with Gasteiger partial charge in [-0.2, -0.15) is 0 Å². The summed E-state index contributed by atoms with van der Waals surface area (Å²) in [6.45, 7) is 6.51. The monoisotopic (exact) mass is 348 g/mol. The van der Waals surface area contributed by atoms with Crippen LogP contribution in [0, 0.1) is 12.7 Å². The van der Waals surface area contributed by atoms with Crippen LogP contribution in [0.3, 0.4) is 0 Å². The molecule has 1 fully saturated rings. The van der Waals surface area contributed by atoms with Gasteiger partial charge in [-0.15, -0.1) is 0 Å². The minimum absolute atomic E-state index is 0.0852. The van der Waals surface area contributed by atoms with Crippen LogP contribution >= 0.6 is 0 Å². The molecule has 134 valence electrons. The van der Waals surface area contributed by atoms with E-state index in [-0.39, 0.29) is 5.82 Å². The minimum atomic E-state index is -0.0852. The van der Waals surface area contributed by atoms with Crippen molar-refractivity contribution >= 4 is 10.9 Å². The van der Waals surface area contributed by atoms with Crippen molar-refractivity contribution in [2.45, 2.75) is 45.2 Å². The third kappa shape index (κ3) is 2.57. The highest BCUT2D eigenvalue weighted by molar-refractivity contribution is 5.86. The predicted molar refractivity (Wildman–Crippen MR) is 104 cm³/mol. The molecule has 1 aromatic heterocycles. The first kappa shape index (κ1) is 16.1. The molecule has 2 aromatic carbocycles. The van der Waals surface area contributed by atoms with Gasteiger partial charge in [0.05, 0.1) is 0 Å². The molecule has 0 N–H and O–H groups in total. The number of benzene rings is 2. The highest BCUT2D eigenvalue weighted by Gasteiger charge is 2.32. The van der Waals surface area contributed by atoms with Crippen molar-refractivity contribution in [3.63, 3.8) is 0 Å². The van der Waals surface area contributed by atoms with Crippen LogP contribution in [0.25, 0.3) is 10.9 Å². The fourth-order valence-corrected chi connectivity index (χ4v) is 4.95. The van der Waals surface area contributed by atoms with Crippen LogP contribution in [-0.2, 0) is 19.5 Å². The highest BCUT2D eigenvalue weighted by Crippen LogP contribution is 2.41. The number of fused-ring (bicyclic) bond motifs is 3. The molecule has 4 heterocycles. The average Bonchev–Trinajstić information content (AvgIpc) is 2.78. The topological polar surface area (TPSA) is 8.17 Å². The molecule has 0 aliphatic carbocycles. The van der Waals surface area contributed by atoms with Crippen LogP contribution in [0.4, 0.5) is 4.39 Å². The average molecular weight is 348 g/mol. The van der Waals surface area contributed by atoms with Crippen LogP contribution in [0.15, 0.2) is 42.5 Å². The van der Waals surface area contributed by atoms with E-state index in [0.717, 1.165) is 25.1 Å². The van der Waals surface area contributed by atoms with Crippen molar-refractivity contribution in [2.24, 2.45) is 0 Å². The molecule has 26 heavy (non-hydrogen) atoms. The summed E-state index contributed by atoms with van der Waals surface area (Å²) in [5, 5.41) is 1.41. The van der Waals surface area contributed by atoms with E-state index in [4.69, 9.17) is 0 Å². The zero-order chi connectivity index (χ0) is 17.7. The van der Waals surface area contributed by atoms with E-state index in [1.807, 2.05) is 12.1 Å². The maximum atomic E-state index is 14.1. The van der Waals surface area contributed by atoms with Crippen LogP contribution < -0.4 is 0 Å². The van der Waals surface area contributed by atoms with Crippen molar-refractivity contribution in [1.29, 1.82) is 0 Å². The summed E-state index contributed by atoms with van der Waals surface area (Å²) in [5.74, 6) is 0.565. The SMILES string of the molecule is Cc1ccc2c(c1)c1c(n2CCc2ccccc2F)C2CCN(CC2)C1. The number of hydrogen-bond acceptors (Lipinski definition) is 1. The molecule has 2 nitrogen and oxygen atoms in total. The summed E-state index contributed by atoms with van der Waals surface area (Å²) in [7, 11) is 0. The minimum Gasteiger partial charge on any atom is -0.344 e. The molecule has 0 radical (unpaired) electrons. The van der Waals surface area contributed by atoms with Gasteiger partial charge in [0, 0.05) is 35.6 Å². The third-order valence-electron chi connectivity index (χ3n) is 6.29. The molecule has 0 atom stereocenters. The number of hydrogen-bond donors (Lipinski definition) is 0. The molecule has 0 amide bonds. The fraction of sp³-hybridized carbons (Fsp3) is 0.391. The Morgan fingerprint density at radius 1 is 1.08 bits per heavy atom. The van der Waals surface area contributed by atoms with E-state index in [1.54, 1.807) is 12.1 Å². The van der Waals surface area contributed by atoms with E-state index in [1.165, 1.54) is 53.7 Å². The summed E-state index contributed by atoms with van der Waals surface area (Å²) in [5.41, 5.74) is 6.51. The summed E-state index contributed by atoms with van der Waals surface area (Å²) in [4.78, 5) is 2.60. The number of aryl methyl sites for hydroxylation is 3. The molecule has 1 saturated heterocycles. The number of halogens is 1. The van der Waals surface area contributed by atoms with Gasteiger partial charge in [-0.25, -0.2) is 4.39 Å². The molecule has 6 rings (SSSR count). The second-order valence-corrected chi connectivity index (χ2v) is 7.93. The lowest BCUT2D eigenvalue weighted by Gasteiger charge is -2.27. The van der Waals surface area contributed by atoms with E-state index in [2.05, 4.69) is 34.6 Å². The van der Waals surface area contributed by atoms with Gasteiger partial charge in [0.25, 0.3) is 0 Å². The van der Waals surface area contributed by atoms with Crippen LogP contribution in [0.5, 0.6) is 0 Å². The van der Waals surface area contributed by atoms with E-state index < -0.39 is 0 Å². The second-order valence-electron chi connectivity index (χ2n) is 7.93. The fourth-order valence-electron chi connectivity index (χ4n) is 4.95. The number of rotatable bonds is 3. The Balaban J connectivity index is 1.62. The van der Waals surface area contributed by atoms with Crippen molar-refractivity contribution in [1.82, 2.24) is 9.47 Å². The Morgan fingerprint density at radius 2 is 1.88 bits per heavy atom. The maximum Gasteiger partial charge on any atom is 0.126 e. The number of nitrogens with zero attached hydrogens (tertiary/aromatic N) is 2. The van der Waals surface area contributed by atoms with E-state index in [0.29, 0.717) is 5.92 Å². The molecule has 3 aliphatic rings. The van der Waals surface area contributed by atoms with E-state index in [9.17, 15) is 4.39 Å². The Labute approximate surface area is 154 Å². The molecule has 0 unspecified atom stereocenters. The van der Waals surface area contributed by atoms with Gasteiger partial charge in [-0.05, 0) is 68.6 Å². The molecule has 3 heteroatoms. The summed E-state index contributed by atoms with van der Waals surface area (Å²) in [6, 6.07) is 14.0. The smallest absolute Gasteiger partial charge is 0.126 e. The number of piperidine rings is 1. The summed E-state index contributed by atoms with van der Waals surface area (Å²) < 4.78 is 16.6. The lowest BCUT2D eigenvalue weighted by Crippen LogP contribution is -2.29. The first-order valence-electron chi connectivity index (χ1n) is 9.78. The van der Waals surface area contributed by atoms with Gasteiger partial charge < -0.3 is 4.57 Å². The molecule has 0 saturated carbocycles. The Morgan fingerprint density at radius 3 is 2.69 bits per heavy atom. The largest absolute Gasteiger partial charge is 0.344 e. The molecule has 0 spiro atoms. The van der Waals surface area contributed by atoms with Crippen LogP contribution in [0.1, 0.15) is 41.1 Å². The van der Waals surface area contributed by atoms with Crippen molar-refractivity contribution in [3.05, 3.63) is 70.7 Å². The van der Waals surface area contributed by atoms with Gasteiger partial charge in [0.1, 0.15) is 5.82 Å². The first-order chi connectivity index (χ1) is 12.7. The zero-order valence-electron chi connectivity index (χ0n) is 15.3. The highest BCUT2D eigenvalue weighted by atomic mass is 19.1. The molecule has 3 aliphatic heterocycles. The zero-order valence-corrected chi connectivity index (χ0v) is 15.3. The van der Waals surface area contributed by atoms with Gasteiger partial charge >= 0.3 is 0 Å². The second kappa shape index (κ2) is 6.24. The molecule has 2 bridgehead atoms. The Kier molecular flexibility index (Phi) is 3.86. The quantitative estimate of drug-likeness (QED) is 0.645. The van der Waals surface area contributed by atoms with Gasteiger partial charge in [-0.3, -0.25) is 4.90 Å². The maximum absolute atomic E-state index is 14.1. The molecular weight excluding hydrogens is 323 g/mol. The van der Waals surface area contributed by atoms with Crippen molar-refractivity contribution < 1.29 is 4.39 Å². The molecular formula is C23H25FN2. The predicted octanol–water partition coefficient (Wildman–Crippen LogP) is 5.02. The number of aromatic nitrogens is 1. The summed E-state index contributed by atoms with van der Waals surface area (Å²) in [6.07, 6.45) is 3.25. The van der Waals surface area contributed by atoms with Gasteiger partial charge in [-0.1, -0.05) is 29.8 Å². The Hall–Kier alpha value is -2.13. The van der Waals surface area contributed by atoms with Gasteiger partial charge in [0.2, 0.25) is 0 Å². The van der Waals surface area contributed by atoms with Crippen molar-refractivity contribution in [2.75, 3.05) is 13.1 Å². The molecule has 3 aromatic rings. The van der Waals surface area contributed by atoms with Crippen LogP contribution in [-0.4, -0.2) is 22.6 Å². The standard InChI is InChI=1S/C23H25FN2/c1-16-6-7-22-19(14-16)20-15-25-11-8-18(9-12-25)23(20)26(22)13-10-17-4-2-3-5-21(17)24/h2-7,14,18H,8-13,15H2,1H3. The van der Waals surface area contributed by atoms with E-state index >= 15 is 0 Å². The normalized spacial score (nSPS) is 21.8. The van der Waals surface area contributed by atoms with Crippen LogP contribution in [0.2, 0.25) is 0 Å².